The van der Waals surface area contributed by atoms with Gasteiger partial charge in [-0.3, -0.25) is 0 Å². The Bertz CT molecular complexity index is 826. The highest BCUT2D eigenvalue weighted by Gasteiger charge is 2.27. The molecule has 0 saturated heterocycles. The monoisotopic (exact) mass is 514 g/mol. The predicted molar refractivity (Wildman–Crippen MR) is 158 cm³/mol. The number of nitrogens with zero attached hydrogens (tertiary/aromatic N) is 3. The number of nitrogens with two attached hydrogens (primary N) is 1. The number of benzene rings is 2. The van der Waals surface area contributed by atoms with E-state index in [0.29, 0.717) is 6.61 Å². The normalized spacial score (nSPS) is 12.6. The quantitative estimate of drug-likeness (QED) is 0.225. The van der Waals surface area contributed by atoms with Crippen LogP contribution in [-0.4, -0.2) is 82.3 Å². The largest absolute Gasteiger partial charge is 0.396 e. The molecular formula is C31H54N4O2+2. The van der Waals surface area contributed by atoms with Crippen LogP contribution >= 0.6 is 0 Å². The number of aliphatic hydroxyl groups excluding tert-OH is 2. The van der Waals surface area contributed by atoms with Crippen LogP contribution in [0.4, 0.5) is 22.7 Å². The van der Waals surface area contributed by atoms with Crippen LogP contribution < -0.4 is 15.1 Å². The Kier molecular flexibility index (Phi) is 14.6. The molecule has 0 amide bonds. The Balaban J connectivity index is 0.00000153. The summed E-state index contributed by atoms with van der Waals surface area (Å²) in [5.41, 5.74) is 5.28. The fourth-order valence-electron chi connectivity index (χ4n) is 5.09. The summed E-state index contributed by atoms with van der Waals surface area (Å²) in [6.45, 7) is 4.83. The van der Waals surface area contributed by atoms with Crippen molar-refractivity contribution in [3.05, 3.63) is 48.5 Å². The molecule has 0 saturated carbocycles. The second-order valence-electron chi connectivity index (χ2n) is 10.9. The Morgan fingerprint density at radius 1 is 0.568 bits per heavy atom. The first-order valence-corrected chi connectivity index (χ1v) is 14.5. The van der Waals surface area contributed by atoms with E-state index in [1.807, 2.05) is 19.4 Å². The Labute approximate surface area is 226 Å². The van der Waals surface area contributed by atoms with Crippen molar-refractivity contribution in [2.75, 3.05) is 77.4 Å². The van der Waals surface area contributed by atoms with E-state index in [1.54, 1.807) is 0 Å². The van der Waals surface area contributed by atoms with Crippen LogP contribution in [0.5, 0.6) is 0 Å². The van der Waals surface area contributed by atoms with Gasteiger partial charge in [0.2, 0.25) is 0 Å². The van der Waals surface area contributed by atoms with Gasteiger partial charge in [-0.25, -0.2) is 0 Å². The van der Waals surface area contributed by atoms with Crippen LogP contribution in [0.2, 0.25) is 0 Å². The van der Waals surface area contributed by atoms with Gasteiger partial charge in [0, 0.05) is 32.7 Å². The average molecular weight is 515 g/mol. The van der Waals surface area contributed by atoms with Gasteiger partial charge in [-0.2, -0.15) is 0 Å². The van der Waals surface area contributed by atoms with Crippen LogP contribution in [0.25, 0.3) is 0 Å². The maximum Gasteiger partial charge on any atom is 0.0804 e. The summed E-state index contributed by atoms with van der Waals surface area (Å²) in [6, 6.07) is 17.7. The van der Waals surface area contributed by atoms with Crippen LogP contribution in [-0.2, 0) is 0 Å². The highest BCUT2D eigenvalue weighted by atomic mass is 16.3. The molecule has 0 bridgehead atoms. The summed E-state index contributed by atoms with van der Waals surface area (Å²) >= 11 is 0. The Morgan fingerprint density at radius 3 is 1.35 bits per heavy atom. The van der Waals surface area contributed by atoms with E-state index in [1.165, 1.54) is 54.9 Å². The number of anilines is 4. The van der Waals surface area contributed by atoms with Crippen LogP contribution in [0, 0.1) is 0 Å². The number of rotatable bonds is 16. The van der Waals surface area contributed by atoms with Crippen molar-refractivity contribution in [2.24, 2.45) is 0 Å². The van der Waals surface area contributed by atoms with Crippen LogP contribution in [0.15, 0.2) is 48.5 Å². The molecule has 3 rings (SSSR count). The van der Waals surface area contributed by atoms with Gasteiger partial charge in [0.05, 0.1) is 64.0 Å². The molecule has 1 aliphatic heterocycles. The third-order valence-electron chi connectivity index (χ3n) is 7.03. The van der Waals surface area contributed by atoms with Crippen molar-refractivity contribution >= 4 is 22.7 Å². The van der Waals surface area contributed by atoms with Crippen LogP contribution in [0.3, 0.4) is 0 Å². The standard InChI is InChI=1S/C29H46N3O2.C2H7N/c1-32(2,23-15-25-34)22-13-12-21-31-28-18-9-7-16-26(28)30(27-17-8-10-19-29(27)31)20-11-5-3-4-6-14-24-33;1-3-2/h7-10,16-19,33-34H,3-6,11-15,20-25H2,1-2H3;3H,1-2H3/q+1;/p+1. The lowest BCUT2D eigenvalue weighted by molar-refractivity contribution is -0.890. The van der Waals surface area contributed by atoms with E-state index in [-0.39, 0.29) is 6.61 Å². The zero-order chi connectivity index (χ0) is 26.9. The molecule has 0 atom stereocenters. The van der Waals surface area contributed by atoms with Crippen molar-refractivity contribution in [1.82, 2.24) is 0 Å². The summed E-state index contributed by atoms with van der Waals surface area (Å²) in [4.78, 5) is 5.04. The highest BCUT2D eigenvalue weighted by molar-refractivity contribution is 5.93. The summed E-state index contributed by atoms with van der Waals surface area (Å²) in [5, 5.41) is 20.1. The molecule has 1 heterocycles. The predicted octanol–water partition coefficient (Wildman–Crippen LogP) is 4.66. The SMILES string of the molecule is C[N+](C)(CCCO)CCCCN1c2ccccc2N(CCCCCCCCO)c2ccccc21.C[NH2+]C. The van der Waals surface area contributed by atoms with Crippen molar-refractivity contribution in [2.45, 2.75) is 57.8 Å². The van der Waals surface area contributed by atoms with Gasteiger partial charge >= 0.3 is 0 Å². The fourth-order valence-corrected chi connectivity index (χ4v) is 5.09. The van der Waals surface area contributed by atoms with Gasteiger partial charge < -0.3 is 29.8 Å². The summed E-state index contributed by atoms with van der Waals surface area (Å²) in [6.07, 6.45) is 10.2. The lowest BCUT2D eigenvalue weighted by Crippen LogP contribution is -2.74. The molecule has 2 aromatic carbocycles. The first-order valence-electron chi connectivity index (χ1n) is 14.5. The molecule has 4 N–H and O–H groups in total. The number of unbranched alkanes of at least 4 members (excludes halogenated alkanes) is 6. The van der Waals surface area contributed by atoms with Gasteiger partial charge in [0.25, 0.3) is 0 Å². The summed E-state index contributed by atoms with van der Waals surface area (Å²) in [5.74, 6) is 0. The molecule has 1 aliphatic rings. The van der Waals surface area contributed by atoms with E-state index in [4.69, 9.17) is 10.2 Å². The minimum absolute atomic E-state index is 0.281. The topological polar surface area (TPSA) is 63.5 Å². The number of para-hydroxylation sites is 4. The molecule has 0 aromatic heterocycles. The zero-order valence-electron chi connectivity index (χ0n) is 24.0. The van der Waals surface area contributed by atoms with Crippen molar-refractivity contribution in [3.8, 4) is 0 Å². The first-order chi connectivity index (χ1) is 18.0. The molecule has 0 spiro atoms. The lowest BCUT2D eigenvalue weighted by atomic mass is 10.0. The van der Waals surface area contributed by atoms with E-state index in [2.05, 4.69) is 72.4 Å². The average Bonchev–Trinajstić information content (AvgIpc) is 2.90. The summed E-state index contributed by atoms with van der Waals surface area (Å²) < 4.78 is 0.974. The van der Waals surface area contributed by atoms with E-state index in [9.17, 15) is 0 Å². The maximum absolute atomic E-state index is 9.16. The van der Waals surface area contributed by atoms with Gasteiger partial charge in [-0.15, -0.1) is 0 Å². The molecule has 0 unspecified atom stereocenters. The van der Waals surface area contributed by atoms with Gasteiger partial charge in [0.15, 0.2) is 0 Å². The molecule has 0 aliphatic carbocycles. The zero-order valence-corrected chi connectivity index (χ0v) is 24.0. The second kappa shape index (κ2) is 17.4. The minimum Gasteiger partial charge on any atom is -0.396 e. The van der Waals surface area contributed by atoms with Crippen molar-refractivity contribution < 1.29 is 20.0 Å². The molecule has 0 fully saturated rings. The second-order valence-corrected chi connectivity index (χ2v) is 10.9. The molecule has 37 heavy (non-hydrogen) atoms. The highest BCUT2D eigenvalue weighted by Crippen LogP contribution is 2.47. The third-order valence-corrected chi connectivity index (χ3v) is 7.03. The molecule has 208 valence electrons. The Hall–Kier alpha value is -2.12. The van der Waals surface area contributed by atoms with E-state index >= 15 is 0 Å². The smallest absolute Gasteiger partial charge is 0.0804 e. The number of aliphatic hydroxyl groups is 2. The fraction of sp³-hybridized carbons (Fsp3) is 0.613. The third kappa shape index (κ3) is 10.3. The summed E-state index contributed by atoms with van der Waals surface area (Å²) in [7, 11) is 8.54. The molecule has 6 heteroatoms. The maximum atomic E-state index is 9.16. The van der Waals surface area contributed by atoms with Crippen molar-refractivity contribution in [1.29, 1.82) is 0 Å². The number of hydrogen-bond acceptors (Lipinski definition) is 4. The first kappa shape index (κ1) is 31.1. The minimum atomic E-state index is 0.281. The number of quaternary nitrogens is 2. The molecule has 6 nitrogen and oxygen atoms in total. The Morgan fingerprint density at radius 2 is 0.919 bits per heavy atom. The van der Waals surface area contributed by atoms with Crippen molar-refractivity contribution in [3.63, 3.8) is 0 Å². The number of hydrogen-bond donors (Lipinski definition) is 3. The van der Waals surface area contributed by atoms with Gasteiger partial charge in [-0.1, -0.05) is 49.9 Å². The molecule has 0 radical (unpaired) electrons. The number of fused-ring (bicyclic) bond motifs is 2. The van der Waals surface area contributed by atoms with Gasteiger partial charge in [-0.05, 0) is 49.9 Å². The molecular weight excluding hydrogens is 460 g/mol. The lowest BCUT2D eigenvalue weighted by Gasteiger charge is -2.40. The molecule has 2 aromatic rings. The van der Waals surface area contributed by atoms with E-state index < -0.39 is 0 Å². The van der Waals surface area contributed by atoms with Gasteiger partial charge in [0.1, 0.15) is 0 Å². The van der Waals surface area contributed by atoms with Crippen LogP contribution in [0.1, 0.15) is 57.8 Å². The van der Waals surface area contributed by atoms with E-state index in [0.717, 1.165) is 56.3 Å².